The Bertz CT molecular complexity index is 1880. The number of esters is 1. The number of guanidine groups is 1. The van der Waals surface area contributed by atoms with Crippen molar-refractivity contribution in [3.63, 3.8) is 0 Å². The van der Waals surface area contributed by atoms with Crippen LogP contribution in [0.2, 0.25) is 0 Å². The van der Waals surface area contributed by atoms with Gasteiger partial charge in [0.05, 0.1) is 16.9 Å². The number of hydrogen-bond donors (Lipinski definition) is 4. The quantitative estimate of drug-likeness (QED) is 0.0418. The van der Waals surface area contributed by atoms with E-state index in [9.17, 15) is 21.6 Å². The number of rotatable bonds is 12. The second kappa shape index (κ2) is 18.2. The summed E-state index contributed by atoms with van der Waals surface area (Å²) in [6.07, 6.45) is 0.533. The lowest BCUT2D eigenvalue weighted by Gasteiger charge is -2.18. The summed E-state index contributed by atoms with van der Waals surface area (Å²) < 4.78 is 68.9. The minimum absolute atomic E-state index is 0.0262. The van der Waals surface area contributed by atoms with Crippen LogP contribution in [-0.2, 0) is 36.3 Å². The molecule has 0 saturated heterocycles. The minimum Gasteiger partial charge on any atom is -0.497 e. The zero-order chi connectivity index (χ0) is 35.0. The van der Waals surface area contributed by atoms with E-state index >= 15 is 0 Å². The number of ether oxygens (including phenoxy) is 2. The molecule has 0 aliphatic carbocycles. The molecule has 0 radical (unpaired) electrons. The molecule has 47 heavy (non-hydrogen) atoms. The third kappa shape index (κ3) is 12.7. The first-order chi connectivity index (χ1) is 22.3. The SMILES string of the molecule is COc1ccc2ccc(S(=O)(=O)N[C@@H](CCCN=C(N)N)C(=O)OCc3ccccc3)cc2c1.Cc1ccc(S(=O)(=O)O)cc1.N#N. The van der Waals surface area contributed by atoms with Gasteiger partial charge in [-0.05, 0) is 72.5 Å². The molecule has 250 valence electrons. The van der Waals surface area contributed by atoms with Gasteiger partial charge in [0.2, 0.25) is 10.0 Å². The number of hydrogen-bond acceptors (Lipinski definition) is 10. The first-order valence-corrected chi connectivity index (χ1v) is 16.8. The third-order valence-electron chi connectivity index (χ3n) is 6.40. The lowest BCUT2D eigenvalue weighted by atomic mass is 10.1. The molecule has 16 heteroatoms. The number of methoxy groups -OCH3 is 1. The molecule has 14 nitrogen and oxygen atoms in total. The van der Waals surface area contributed by atoms with Crippen LogP contribution >= 0.6 is 0 Å². The van der Waals surface area contributed by atoms with Crippen molar-refractivity contribution in [1.29, 1.82) is 10.8 Å². The monoisotopic (exact) mass is 684 g/mol. The number of carbonyl (C=O) groups is 1. The first-order valence-electron chi connectivity index (χ1n) is 13.9. The molecule has 0 unspecified atom stereocenters. The fraction of sp³-hybridized carbons (Fsp3) is 0.226. The summed E-state index contributed by atoms with van der Waals surface area (Å²) in [6, 6.07) is 24.1. The van der Waals surface area contributed by atoms with Crippen molar-refractivity contribution in [3.8, 4) is 5.75 Å². The molecule has 0 bridgehead atoms. The van der Waals surface area contributed by atoms with Gasteiger partial charge in [0.15, 0.2) is 5.96 Å². The van der Waals surface area contributed by atoms with Gasteiger partial charge in [-0.15, -0.1) is 0 Å². The molecule has 0 heterocycles. The average molecular weight is 685 g/mol. The highest BCUT2D eigenvalue weighted by Gasteiger charge is 2.27. The number of benzene rings is 4. The fourth-order valence-corrected chi connectivity index (χ4v) is 5.75. The predicted molar refractivity (Wildman–Crippen MR) is 175 cm³/mol. The Morgan fingerprint density at radius 3 is 2.11 bits per heavy atom. The summed E-state index contributed by atoms with van der Waals surface area (Å²) in [6.45, 7) is 2.12. The molecule has 0 aromatic heterocycles. The van der Waals surface area contributed by atoms with Crippen LogP contribution in [0.15, 0.2) is 106 Å². The summed E-state index contributed by atoms with van der Waals surface area (Å²) >= 11 is 0. The summed E-state index contributed by atoms with van der Waals surface area (Å²) in [5.41, 5.74) is 12.4. The Kier molecular flexibility index (Phi) is 14.7. The normalized spacial score (nSPS) is 11.5. The molecular formula is C31H36N6O8S2. The van der Waals surface area contributed by atoms with E-state index < -0.39 is 32.2 Å². The van der Waals surface area contributed by atoms with E-state index in [0.29, 0.717) is 17.6 Å². The molecule has 4 aromatic rings. The van der Waals surface area contributed by atoms with E-state index in [1.54, 1.807) is 30.3 Å². The van der Waals surface area contributed by atoms with Gasteiger partial charge in [0.25, 0.3) is 10.1 Å². The maximum Gasteiger partial charge on any atom is 0.324 e. The van der Waals surface area contributed by atoms with Gasteiger partial charge in [-0.25, -0.2) is 8.42 Å². The van der Waals surface area contributed by atoms with Gasteiger partial charge in [-0.1, -0.05) is 60.2 Å². The van der Waals surface area contributed by atoms with Crippen LogP contribution in [0.25, 0.3) is 10.8 Å². The van der Waals surface area contributed by atoms with Crippen LogP contribution < -0.4 is 20.9 Å². The predicted octanol–water partition coefficient (Wildman–Crippen LogP) is 3.56. The zero-order valence-electron chi connectivity index (χ0n) is 25.7. The number of nitrogens with one attached hydrogen (secondary N) is 1. The fourth-order valence-electron chi connectivity index (χ4n) is 4.02. The maximum absolute atomic E-state index is 13.1. The van der Waals surface area contributed by atoms with Crippen molar-refractivity contribution < 1.29 is 35.7 Å². The van der Waals surface area contributed by atoms with E-state index in [1.807, 2.05) is 43.3 Å². The number of aryl methyl sites for hydroxylation is 1. The van der Waals surface area contributed by atoms with Crippen molar-refractivity contribution in [2.75, 3.05) is 13.7 Å². The largest absolute Gasteiger partial charge is 0.497 e. The van der Waals surface area contributed by atoms with Gasteiger partial charge < -0.3 is 20.9 Å². The van der Waals surface area contributed by atoms with Crippen molar-refractivity contribution in [1.82, 2.24) is 4.72 Å². The van der Waals surface area contributed by atoms with Crippen molar-refractivity contribution in [3.05, 3.63) is 102 Å². The topological polar surface area (TPSA) is 248 Å². The van der Waals surface area contributed by atoms with Gasteiger partial charge in [-0.2, -0.15) is 13.1 Å². The molecular weight excluding hydrogens is 649 g/mol. The summed E-state index contributed by atoms with van der Waals surface area (Å²) in [5.74, 6) is -0.146. The zero-order valence-corrected chi connectivity index (χ0v) is 27.3. The number of nitrogens with two attached hydrogens (primary N) is 2. The minimum atomic E-state index is -4.03. The van der Waals surface area contributed by atoms with Gasteiger partial charge >= 0.3 is 5.97 Å². The number of nitrogens with zero attached hydrogens (tertiary/aromatic N) is 3. The second-order valence-corrected chi connectivity index (χ2v) is 13.0. The standard InChI is InChI=1S/C24H28N4O5S.C7H8O3S.N2/c1-32-20-11-9-18-10-12-21(15-19(18)14-20)34(30,31)28-22(8-5-13-27-24(25)26)23(29)33-16-17-6-3-2-4-7-17;1-6-2-4-7(5-3-6)11(8,9)10;1-2/h2-4,6-7,9-12,14-15,22,28H,5,8,13,16H2,1H3,(H4,25,26,27);2-5H,1H3,(H,8,9,10);/t22-;;/m0../s1. The van der Waals surface area contributed by atoms with Crippen LogP contribution in [0.1, 0.15) is 24.0 Å². The second-order valence-electron chi connectivity index (χ2n) is 9.88. The number of carbonyl (C=O) groups excluding carboxylic acids is 1. The number of sulfonamides is 1. The molecule has 4 rings (SSSR count). The Balaban J connectivity index is 0.000000496. The van der Waals surface area contributed by atoms with E-state index in [-0.39, 0.29) is 35.3 Å². The van der Waals surface area contributed by atoms with E-state index in [2.05, 4.69) is 9.71 Å². The number of aliphatic imine (C=N–C) groups is 1. The van der Waals surface area contributed by atoms with Crippen molar-refractivity contribution in [2.24, 2.45) is 16.5 Å². The highest BCUT2D eigenvalue weighted by atomic mass is 32.2. The van der Waals surface area contributed by atoms with Crippen LogP contribution in [0.5, 0.6) is 5.75 Å². The van der Waals surface area contributed by atoms with E-state index in [0.717, 1.165) is 16.5 Å². The van der Waals surface area contributed by atoms with Gasteiger partial charge in [-0.3, -0.25) is 14.3 Å². The van der Waals surface area contributed by atoms with Gasteiger partial charge in [0, 0.05) is 17.3 Å². The Hall–Kier alpha value is -5.08. The summed E-state index contributed by atoms with van der Waals surface area (Å²) in [5, 5.41) is 13.5. The van der Waals surface area contributed by atoms with Gasteiger partial charge in [0.1, 0.15) is 18.4 Å². The Morgan fingerprint density at radius 2 is 1.51 bits per heavy atom. The van der Waals surface area contributed by atoms with Crippen molar-refractivity contribution in [2.45, 2.75) is 42.2 Å². The molecule has 0 spiro atoms. The molecule has 6 N–H and O–H groups in total. The highest BCUT2D eigenvalue weighted by molar-refractivity contribution is 7.89. The molecule has 0 aliphatic heterocycles. The van der Waals surface area contributed by atoms with Crippen LogP contribution in [0, 0.1) is 17.7 Å². The third-order valence-corrected chi connectivity index (χ3v) is 8.74. The lowest BCUT2D eigenvalue weighted by Crippen LogP contribution is -2.41. The van der Waals surface area contributed by atoms with E-state index in [4.69, 9.17) is 36.3 Å². The molecule has 0 saturated carbocycles. The molecule has 4 aromatic carbocycles. The molecule has 0 aliphatic rings. The lowest BCUT2D eigenvalue weighted by molar-refractivity contribution is -0.147. The van der Waals surface area contributed by atoms with Crippen molar-refractivity contribution >= 4 is 42.8 Å². The number of fused-ring (bicyclic) bond motifs is 1. The van der Waals surface area contributed by atoms with Crippen LogP contribution in [0.4, 0.5) is 0 Å². The Morgan fingerprint density at radius 1 is 0.894 bits per heavy atom. The van der Waals surface area contributed by atoms with Crippen LogP contribution in [-0.4, -0.2) is 53.0 Å². The Labute approximate surface area is 273 Å². The smallest absolute Gasteiger partial charge is 0.324 e. The maximum atomic E-state index is 13.1. The molecule has 1 atom stereocenters. The molecule has 0 fully saturated rings. The summed E-state index contributed by atoms with van der Waals surface area (Å²) in [4.78, 5) is 16.6. The first kappa shape index (κ1) is 38.1. The average Bonchev–Trinajstić information content (AvgIpc) is 3.05. The van der Waals surface area contributed by atoms with Crippen LogP contribution in [0.3, 0.4) is 0 Å². The highest BCUT2D eigenvalue weighted by Crippen LogP contribution is 2.24. The van der Waals surface area contributed by atoms with E-state index in [1.165, 1.54) is 31.4 Å². The molecule has 0 amide bonds. The summed E-state index contributed by atoms with van der Waals surface area (Å²) in [7, 11) is -6.51.